The summed E-state index contributed by atoms with van der Waals surface area (Å²) in [6.45, 7) is 3.92. The Bertz CT molecular complexity index is 493. The molecule has 0 fully saturated rings. The van der Waals surface area contributed by atoms with Crippen molar-refractivity contribution in [2.24, 2.45) is 0 Å². The summed E-state index contributed by atoms with van der Waals surface area (Å²) in [6.07, 6.45) is 3.88. The van der Waals surface area contributed by atoms with Crippen LogP contribution in [-0.2, 0) is 6.54 Å². The van der Waals surface area contributed by atoms with Crippen molar-refractivity contribution < 1.29 is 0 Å². The molecule has 1 N–H and O–H groups in total. The molecule has 1 atom stereocenters. The van der Waals surface area contributed by atoms with E-state index < -0.39 is 0 Å². The zero-order valence-electron chi connectivity index (χ0n) is 10.7. The van der Waals surface area contributed by atoms with Gasteiger partial charge >= 0.3 is 0 Å². The van der Waals surface area contributed by atoms with E-state index >= 15 is 0 Å². The fraction of sp³-hybridized carbons (Fsp3) is 0.400. The number of rotatable bonds is 6. The fourth-order valence-corrected chi connectivity index (χ4v) is 2.11. The van der Waals surface area contributed by atoms with Crippen LogP contribution in [0.15, 0.2) is 36.5 Å². The van der Waals surface area contributed by atoms with E-state index in [1.165, 1.54) is 10.9 Å². The van der Waals surface area contributed by atoms with Crippen molar-refractivity contribution in [3.05, 3.63) is 42.1 Å². The van der Waals surface area contributed by atoms with Crippen LogP contribution in [0.4, 0.5) is 0 Å². The van der Waals surface area contributed by atoms with Crippen molar-refractivity contribution in [3.63, 3.8) is 0 Å². The second-order valence-electron chi connectivity index (χ2n) is 4.46. The van der Waals surface area contributed by atoms with E-state index in [1.807, 2.05) is 12.3 Å². The van der Waals surface area contributed by atoms with Crippen molar-refractivity contribution in [2.75, 3.05) is 6.54 Å². The minimum Gasteiger partial charge on any atom is -0.313 e. The first kappa shape index (κ1) is 13.3. The number of halogens is 1. The molecule has 1 aromatic heterocycles. The molecule has 1 unspecified atom stereocenters. The Morgan fingerprint density at radius 1 is 1.28 bits per heavy atom. The molecule has 1 aromatic carbocycles. The molecule has 0 saturated heterocycles. The molecule has 18 heavy (non-hydrogen) atoms. The van der Waals surface area contributed by atoms with Crippen LogP contribution >= 0.6 is 11.6 Å². The lowest BCUT2D eigenvalue weighted by atomic mass is 10.1. The average Bonchev–Trinajstić information content (AvgIpc) is 2.43. The molecule has 3 heteroatoms. The standard InChI is InChI=1S/C15H19ClN2/c1-2-14(16)8-10-17-11-13-6-3-5-12-7-4-9-18-15(12)13/h3-7,9,14,17H,2,8,10-11H2,1H3. The van der Waals surface area contributed by atoms with Gasteiger partial charge in [-0.25, -0.2) is 0 Å². The van der Waals surface area contributed by atoms with E-state index in [0.717, 1.165) is 31.4 Å². The summed E-state index contributed by atoms with van der Waals surface area (Å²) in [6, 6.07) is 10.4. The Hall–Kier alpha value is -1.12. The molecule has 0 aliphatic rings. The van der Waals surface area contributed by atoms with E-state index in [0.29, 0.717) is 0 Å². The molecular weight excluding hydrogens is 244 g/mol. The smallest absolute Gasteiger partial charge is 0.0746 e. The van der Waals surface area contributed by atoms with Gasteiger partial charge in [-0.05, 0) is 31.0 Å². The number of nitrogens with zero attached hydrogens (tertiary/aromatic N) is 1. The van der Waals surface area contributed by atoms with Crippen LogP contribution in [-0.4, -0.2) is 16.9 Å². The van der Waals surface area contributed by atoms with Crippen LogP contribution < -0.4 is 5.32 Å². The Balaban J connectivity index is 1.95. The lowest BCUT2D eigenvalue weighted by molar-refractivity contribution is 0.623. The molecule has 96 valence electrons. The summed E-state index contributed by atoms with van der Waals surface area (Å²) < 4.78 is 0. The predicted molar refractivity (Wildman–Crippen MR) is 78.0 cm³/mol. The van der Waals surface area contributed by atoms with Gasteiger partial charge in [0.1, 0.15) is 0 Å². The molecule has 1 heterocycles. The van der Waals surface area contributed by atoms with E-state index in [-0.39, 0.29) is 5.38 Å². The molecule has 0 bridgehead atoms. The van der Waals surface area contributed by atoms with Crippen molar-refractivity contribution in [1.29, 1.82) is 0 Å². The van der Waals surface area contributed by atoms with Gasteiger partial charge in [0.25, 0.3) is 0 Å². The molecule has 0 saturated carbocycles. The van der Waals surface area contributed by atoms with Gasteiger partial charge in [-0.2, -0.15) is 0 Å². The first-order valence-electron chi connectivity index (χ1n) is 6.48. The number of para-hydroxylation sites is 1. The molecule has 0 amide bonds. The van der Waals surface area contributed by atoms with E-state index in [9.17, 15) is 0 Å². The Morgan fingerprint density at radius 3 is 2.94 bits per heavy atom. The van der Waals surface area contributed by atoms with Crippen LogP contribution in [0, 0.1) is 0 Å². The van der Waals surface area contributed by atoms with E-state index in [4.69, 9.17) is 11.6 Å². The third-order valence-electron chi connectivity index (χ3n) is 3.11. The number of hydrogen-bond acceptors (Lipinski definition) is 2. The zero-order chi connectivity index (χ0) is 12.8. The molecule has 0 aliphatic carbocycles. The Kier molecular flexibility index (Phi) is 4.97. The van der Waals surface area contributed by atoms with Crippen LogP contribution in [0.1, 0.15) is 25.3 Å². The van der Waals surface area contributed by atoms with Gasteiger partial charge < -0.3 is 5.32 Å². The molecule has 0 spiro atoms. The highest BCUT2D eigenvalue weighted by atomic mass is 35.5. The lowest BCUT2D eigenvalue weighted by Crippen LogP contribution is -2.18. The third-order valence-corrected chi connectivity index (χ3v) is 3.64. The maximum absolute atomic E-state index is 6.09. The summed E-state index contributed by atoms with van der Waals surface area (Å²) in [5, 5.41) is 4.91. The van der Waals surface area contributed by atoms with Crippen LogP contribution in [0.25, 0.3) is 10.9 Å². The third kappa shape index (κ3) is 3.44. The largest absolute Gasteiger partial charge is 0.313 e. The first-order valence-corrected chi connectivity index (χ1v) is 6.92. The second kappa shape index (κ2) is 6.72. The number of fused-ring (bicyclic) bond motifs is 1. The Morgan fingerprint density at radius 2 is 2.11 bits per heavy atom. The lowest BCUT2D eigenvalue weighted by Gasteiger charge is -2.09. The maximum atomic E-state index is 6.09. The van der Waals surface area contributed by atoms with Crippen LogP contribution in [0.2, 0.25) is 0 Å². The van der Waals surface area contributed by atoms with Crippen molar-refractivity contribution in [2.45, 2.75) is 31.7 Å². The van der Waals surface area contributed by atoms with Crippen molar-refractivity contribution in [3.8, 4) is 0 Å². The molecule has 0 radical (unpaired) electrons. The number of benzene rings is 1. The fourth-order valence-electron chi connectivity index (χ4n) is 2.00. The quantitative estimate of drug-likeness (QED) is 0.634. The van der Waals surface area contributed by atoms with Gasteiger partial charge in [0.05, 0.1) is 5.52 Å². The number of alkyl halides is 1. The molecule has 2 nitrogen and oxygen atoms in total. The Labute approximate surface area is 113 Å². The van der Waals surface area contributed by atoms with Gasteiger partial charge in [-0.1, -0.05) is 31.2 Å². The molecule has 2 aromatic rings. The first-order chi connectivity index (χ1) is 8.81. The van der Waals surface area contributed by atoms with Crippen LogP contribution in [0.3, 0.4) is 0 Å². The zero-order valence-corrected chi connectivity index (χ0v) is 11.5. The van der Waals surface area contributed by atoms with Crippen molar-refractivity contribution in [1.82, 2.24) is 10.3 Å². The normalized spacial score (nSPS) is 12.8. The average molecular weight is 263 g/mol. The number of nitrogens with one attached hydrogen (secondary N) is 1. The number of pyridine rings is 1. The topological polar surface area (TPSA) is 24.9 Å². The van der Waals surface area contributed by atoms with E-state index in [1.54, 1.807) is 0 Å². The van der Waals surface area contributed by atoms with Gasteiger partial charge in [-0.15, -0.1) is 11.6 Å². The van der Waals surface area contributed by atoms with Gasteiger partial charge in [0, 0.05) is 23.5 Å². The predicted octanol–water partition coefficient (Wildman–Crippen LogP) is 3.73. The SMILES string of the molecule is CCC(Cl)CCNCc1cccc2cccnc12. The summed E-state index contributed by atoms with van der Waals surface area (Å²) in [5.74, 6) is 0. The van der Waals surface area contributed by atoms with E-state index in [2.05, 4.69) is 41.5 Å². The minimum atomic E-state index is 0.281. The molecule has 0 aliphatic heterocycles. The number of aromatic nitrogens is 1. The van der Waals surface area contributed by atoms with Gasteiger partial charge in [0.2, 0.25) is 0 Å². The van der Waals surface area contributed by atoms with Gasteiger partial charge in [-0.3, -0.25) is 4.98 Å². The summed E-state index contributed by atoms with van der Waals surface area (Å²) >= 11 is 6.09. The highest BCUT2D eigenvalue weighted by Crippen LogP contribution is 2.15. The minimum absolute atomic E-state index is 0.281. The van der Waals surface area contributed by atoms with Crippen LogP contribution in [0.5, 0.6) is 0 Å². The molecule has 2 rings (SSSR count). The highest BCUT2D eigenvalue weighted by molar-refractivity contribution is 6.20. The summed E-state index contributed by atoms with van der Waals surface area (Å²) in [4.78, 5) is 4.45. The summed E-state index contributed by atoms with van der Waals surface area (Å²) in [5.41, 5.74) is 2.33. The number of hydrogen-bond donors (Lipinski definition) is 1. The monoisotopic (exact) mass is 262 g/mol. The molecular formula is C15H19ClN2. The summed E-state index contributed by atoms with van der Waals surface area (Å²) in [7, 11) is 0. The second-order valence-corrected chi connectivity index (χ2v) is 5.08. The van der Waals surface area contributed by atoms with Gasteiger partial charge in [0.15, 0.2) is 0 Å². The maximum Gasteiger partial charge on any atom is 0.0746 e. The van der Waals surface area contributed by atoms with Crippen molar-refractivity contribution >= 4 is 22.5 Å². The highest BCUT2D eigenvalue weighted by Gasteiger charge is 2.03.